The van der Waals surface area contributed by atoms with E-state index in [2.05, 4.69) is 25.7 Å². The van der Waals surface area contributed by atoms with Crippen molar-refractivity contribution in [1.29, 1.82) is 0 Å². The zero-order valence-electron chi connectivity index (χ0n) is 23.4. The summed E-state index contributed by atoms with van der Waals surface area (Å²) in [6.45, 7) is 1.97. The lowest BCUT2D eigenvalue weighted by atomic mass is 9.93. The van der Waals surface area contributed by atoms with Gasteiger partial charge in [0.05, 0.1) is 35.5 Å². The molecule has 0 fully saturated rings. The van der Waals surface area contributed by atoms with Crippen molar-refractivity contribution in [3.8, 4) is 16.9 Å². The molecule has 2 N–H and O–H groups in total. The molecule has 43 heavy (non-hydrogen) atoms. The summed E-state index contributed by atoms with van der Waals surface area (Å²) >= 11 is 6.35. The number of fused-ring (bicyclic) bond motifs is 4. The number of nitrogens with one attached hydrogen (secondary N) is 1. The van der Waals surface area contributed by atoms with Crippen molar-refractivity contribution in [3.05, 3.63) is 77.5 Å². The molecule has 0 saturated carbocycles. The van der Waals surface area contributed by atoms with Crippen LogP contribution in [-0.4, -0.2) is 64.1 Å². The van der Waals surface area contributed by atoms with E-state index in [0.717, 1.165) is 16.8 Å². The minimum absolute atomic E-state index is 0.146. The molecule has 2 aliphatic rings. The number of pyridine rings is 1. The highest BCUT2D eigenvalue weighted by Gasteiger charge is 2.31. The van der Waals surface area contributed by atoms with Gasteiger partial charge in [0.25, 0.3) is 0 Å². The molecule has 0 aliphatic carbocycles. The van der Waals surface area contributed by atoms with Gasteiger partial charge in [0.1, 0.15) is 12.2 Å². The fraction of sp³-hybridized carbons (Fsp3) is 0.300. The number of carboxylic acids is 1. The third-order valence-corrected chi connectivity index (χ3v) is 8.06. The Hall–Kier alpha value is -4.84. The molecule has 1 aromatic carbocycles. The van der Waals surface area contributed by atoms with Gasteiger partial charge < -0.3 is 15.3 Å². The van der Waals surface area contributed by atoms with E-state index in [1.54, 1.807) is 41.5 Å². The van der Waals surface area contributed by atoms with Crippen molar-refractivity contribution in [1.82, 2.24) is 34.7 Å². The minimum atomic E-state index is -1.05. The second kappa shape index (κ2) is 11.8. The first-order chi connectivity index (χ1) is 20.8. The molecule has 12 nitrogen and oxygen atoms in total. The van der Waals surface area contributed by atoms with Gasteiger partial charge in [0.15, 0.2) is 0 Å². The van der Waals surface area contributed by atoms with Crippen LogP contribution in [0, 0.1) is 5.92 Å². The first-order valence-electron chi connectivity index (χ1n) is 14.0. The summed E-state index contributed by atoms with van der Waals surface area (Å²) in [7, 11) is 0. The Morgan fingerprint density at radius 3 is 2.79 bits per heavy atom. The normalized spacial score (nSPS) is 19.1. The quantitative estimate of drug-likeness (QED) is 0.343. The standard InChI is InChI=1S/C30H29ClN8O4/c1-18-3-2-4-26(23-13-20(7-9-32-23)29-24(34-30(18)43)16-37(35-29)17-28(41)42)38-11-8-19(14-27(38)40)22-15-21(31)5-6-25(22)39-12-10-33-36-39/h5-7,9-10,12-16,18,26H,2-4,8,11,17H2,1H3,(H,34,43)(H,41,42)/t18-,26?/m1/s1. The predicted octanol–water partition coefficient (Wildman–Crippen LogP) is 4.38. The minimum Gasteiger partial charge on any atom is -0.480 e. The van der Waals surface area contributed by atoms with Gasteiger partial charge in [-0.1, -0.05) is 30.2 Å². The summed E-state index contributed by atoms with van der Waals surface area (Å²) in [6, 6.07) is 8.77. The first-order valence-corrected chi connectivity index (χ1v) is 14.4. The van der Waals surface area contributed by atoms with Crippen molar-refractivity contribution in [3.63, 3.8) is 0 Å². The maximum atomic E-state index is 13.8. The zero-order chi connectivity index (χ0) is 30.1. The summed E-state index contributed by atoms with van der Waals surface area (Å²) in [5.74, 6) is -1.67. The van der Waals surface area contributed by atoms with E-state index in [4.69, 9.17) is 11.6 Å². The van der Waals surface area contributed by atoms with E-state index < -0.39 is 5.97 Å². The lowest BCUT2D eigenvalue weighted by molar-refractivity contribution is -0.138. The van der Waals surface area contributed by atoms with Gasteiger partial charge in [-0.2, -0.15) is 5.10 Å². The van der Waals surface area contributed by atoms with Crippen LogP contribution in [-0.2, 0) is 20.9 Å². The van der Waals surface area contributed by atoms with Crippen LogP contribution in [0.15, 0.2) is 61.2 Å². The fourth-order valence-corrected chi connectivity index (χ4v) is 5.84. The number of carboxylic acid groups (broad SMARTS) is 1. The maximum absolute atomic E-state index is 13.8. The Morgan fingerprint density at radius 1 is 1.16 bits per heavy atom. The molecule has 220 valence electrons. The van der Waals surface area contributed by atoms with E-state index in [-0.39, 0.29) is 30.3 Å². The van der Waals surface area contributed by atoms with Crippen LogP contribution in [0.4, 0.5) is 5.69 Å². The molecule has 2 aliphatic heterocycles. The zero-order valence-corrected chi connectivity index (χ0v) is 24.1. The summed E-state index contributed by atoms with van der Waals surface area (Å²) in [6.07, 6.45) is 10.7. The molecule has 6 rings (SSSR count). The third-order valence-electron chi connectivity index (χ3n) is 7.83. The SMILES string of the molecule is C[C@@H]1CCCC(N2CCC(c3cc(Cl)ccc3-n3ccnn3)=CC2=O)c2cc(ccn2)-c2nn(CC(=O)O)cc2NC1=O. The molecular formula is C30H29ClN8O4. The maximum Gasteiger partial charge on any atom is 0.325 e. The highest BCUT2D eigenvalue weighted by atomic mass is 35.5. The molecular weight excluding hydrogens is 572 g/mol. The number of amides is 2. The van der Waals surface area contributed by atoms with Gasteiger partial charge >= 0.3 is 5.97 Å². The van der Waals surface area contributed by atoms with E-state index in [0.29, 0.717) is 59.9 Å². The third kappa shape index (κ3) is 5.91. The average Bonchev–Trinajstić information content (AvgIpc) is 3.65. The van der Waals surface area contributed by atoms with Crippen molar-refractivity contribution < 1.29 is 19.5 Å². The molecule has 0 spiro atoms. The van der Waals surface area contributed by atoms with Crippen LogP contribution in [0.2, 0.25) is 5.02 Å². The number of rotatable bonds is 5. The second-order valence-electron chi connectivity index (χ2n) is 10.7. The highest BCUT2D eigenvalue weighted by molar-refractivity contribution is 6.30. The summed E-state index contributed by atoms with van der Waals surface area (Å²) < 4.78 is 2.94. The number of hydrogen-bond donors (Lipinski definition) is 2. The molecule has 13 heteroatoms. The van der Waals surface area contributed by atoms with Crippen LogP contribution < -0.4 is 5.32 Å². The fourth-order valence-electron chi connectivity index (χ4n) is 5.67. The number of aliphatic carboxylic acids is 1. The number of anilines is 1. The molecule has 3 aromatic heterocycles. The Labute approximate surface area is 252 Å². The van der Waals surface area contributed by atoms with E-state index in [9.17, 15) is 19.5 Å². The van der Waals surface area contributed by atoms with Crippen molar-refractivity contribution in [2.45, 2.75) is 45.2 Å². The van der Waals surface area contributed by atoms with Crippen LogP contribution in [0.3, 0.4) is 0 Å². The number of carbonyl (C=O) groups excluding carboxylic acids is 2. The molecule has 5 heterocycles. The van der Waals surface area contributed by atoms with Crippen molar-refractivity contribution in [2.75, 3.05) is 11.9 Å². The van der Waals surface area contributed by atoms with Gasteiger partial charge in [0, 0.05) is 47.1 Å². The summed E-state index contributed by atoms with van der Waals surface area (Å²) in [5, 5.41) is 25.3. The van der Waals surface area contributed by atoms with Crippen LogP contribution in [0.1, 0.15) is 49.9 Å². The van der Waals surface area contributed by atoms with Crippen molar-refractivity contribution in [2.24, 2.45) is 5.92 Å². The first kappa shape index (κ1) is 28.3. The molecule has 2 bridgehead atoms. The molecule has 1 unspecified atom stereocenters. The number of aromatic nitrogens is 6. The largest absolute Gasteiger partial charge is 0.480 e. The second-order valence-corrected chi connectivity index (χ2v) is 11.2. The van der Waals surface area contributed by atoms with Gasteiger partial charge in [-0.3, -0.25) is 24.0 Å². The monoisotopic (exact) mass is 600 g/mol. The summed E-state index contributed by atoms with van der Waals surface area (Å²) in [5.41, 5.74) is 4.68. The molecule has 4 aromatic rings. The number of hydrogen-bond acceptors (Lipinski definition) is 7. The predicted molar refractivity (Wildman–Crippen MR) is 158 cm³/mol. The highest BCUT2D eigenvalue weighted by Crippen LogP contribution is 2.37. The molecule has 2 amide bonds. The van der Waals surface area contributed by atoms with Crippen molar-refractivity contribution >= 4 is 40.6 Å². The van der Waals surface area contributed by atoms with E-state index >= 15 is 0 Å². The topological polar surface area (TPSA) is 148 Å². The van der Waals surface area contributed by atoms with Crippen LogP contribution in [0.5, 0.6) is 0 Å². The van der Waals surface area contributed by atoms with Crippen LogP contribution in [0.25, 0.3) is 22.5 Å². The van der Waals surface area contributed by atoms with E-state index in [1.807, 2.05) is 30.0 Å². The van der Waals surface area contributed by atoms with Gasteiger partial charge in [-0.25, -0.2) is 4.68 Å². The lowest BCUT2D eigenvalue weighted by Gasteiger charge is -2.34. The smallest absolute Gasteiger partial charge is 0.325 e. The molecule has 0 saturated heterocycles. The van der Waals surface area contributed by atoms with Crippen LogP contribution >= 0.6 is 11.6 Å². The molecule has 0 radical (unpaired) electrons. The Balaban J connectivity index is 1.36. The molecule has 2 atom stereocenters. The number of nitrogens with zero attached hydrogens (tertiary/aromatic N) is 7. The Bertz CT molecular complexity index is 1730. The average molecular weight is 601 g/mol. The number of benzene rings is 1. The van der Waals surface area contributed by atoms with Gasteiger partial charge in [0.2, 0.25) is 11.8 Å². The lowest BCUT2D eigenvalue weighted by Crippen LogP contribution is -2.38. The number of carbonyl (C=O) groups is 3. The Kier molecular flexibility index (Phi) is 7.76. The van der Waals surface area contributed by atoms with E-state index in [1.165, 1.54) is 10.9 Å². The van der Waals surface area contributed by atoms with Gasteiger partial charge in [-0.15, -0.1) is 5.10 Å². The van der Waals surface area contributed by atoms with Gasteiger partial charge in [-0.05, 0) is 55.2 Å². The summed E-state index contributed by atoms with van der Waals surface area (Å²) in [4.78, 5) is 44.6. The number of halogens is 1. The Morgan fingerprint density at radius 2 is 2.02 bits per heavy atom.